The molecule has 2 rings (SSSR count). The Balaban J connectivity index is 1.86. The Hall–Kier alpha value is -0.980. The third-order valence-electron chi connectivity index (χ3n) is 5.41. The Morgan fingerprint density at radius 2 is 1.78 bits per heavy atom. The molecule has 1 aliphatic carbocycles. The number of aliphatic hydroxyl groups is 1. The summed E-state index contributed by atoms with van der Waals surface area (Å²) in [4.78, 5) is 13.7. The van der Waals surface area contributed by atoms with Gasteiger partial charge in [-0.2, -0.15) is 13.2 Å². The zero-order valence-electron chi connectivity index (χ0n) is 14.0. The van der Waals surface area contributed by atoms with E-state index in [9.17, 15) is 23.1 Å². The van der Waals surface area contributed by atoms with Crippen LogP contribution in [0.15, 0.2) is 0 Å². The molecule has 2 amide bonds. The van der Waals surface area contributed by atoms with Gasteiger partial charge in [-0.25, -0.2) is 4.79 Å². The molecule has 2 unspecified atom stereocenters. The highest BCUT2D eigenvalue weighted by molar-refractivity contribution is 5.74. The van der Waals surface area contributed by atoms with Gasteiger partial charge in [0.25, 0.3) is 0 Å². The fourth-order valence-corrected chi connectivity index (χ4v) is 3.77. The highest BCUT2D eigenvalue weighted by atomic mass is 19.4. The molecule has 0 aromatic carbocycles. The van der Waals surface area contributed by atoms with Crippen LogP contribution in [0.5, 0.6) is 0 Å². The minimum absolute atomic E-state index is 0.0685. The zero-order valence-corrected chi connectivity index (χ0v) is 14.0. The fraction of sp³-hybridized carbons (Fsp3) is 0.938. The van der Waals surface area contributed by atoms with E-state index in [1.54, 1.807) is 0 Å². The molecule has 2 atom stereocenters. The third kappa shape index (κ3) is 4.11. The van der Waals surface area contributed by atoms with Crippen molar-refractivity contribution in [1.29, 1.82) is 0 Å². The highest BCUT2D eigenvalue weighted by Gasteiger charge is 2.55. The number of likely N-dealkylation sites (tertiary alicyclic amines) is 1. The van der Waals surface area contributed by atoms with Crippen LogP contribution in [0.3, 0.4) is 0 Å². The number of hydrogen-bond acceptors (Lipinski definition) is 2. The average molecular weight is 336 g/mol. The number of nitrogens with zero attached hydrogens (tertiary/aromatic N) is 1. The molecule has 0 spiro atoms. The van der Waals surface area contributed by atoms with Gasteiger partial charge < -0.3 is 15.3 Å². The van der Waals surface area contributed by atoms with Gasteiger partial charge in [-0.3, -0.25) is 0 Å². The quantitative estimate of drug-likeness (QED) is 0.772. The normalized spacial score (nSPS) is 30.8. The van der Waals surface area contributed by atoms with E-state index in [2.05, 4.69) is 26.1 Å². The molecule has 4 nitrogen and oxygen atoms in total. The highest BCUT2D eigenvalue weighted by Crippen LogP contribution is 2.40. The van der Waals surface area contributed by atoms with Crippen molar-refractivity contribution >= 4 is 6.03 Å². The van der Waals surface area contributed by atoms with Crippen molar-refractivity contribution < 1.29 is 23.1 Å². The Labute approximate surface area is 135 Å². The summed E-state index contributed by atoms with van der Waals surface area (Å²) in [5.74, 6) is 0.347. The molecule has 2 fully saturated rings. The topological polar surface area (TPSA) is 52.6 Å². The SMILES string of the molecule is CC1CC(C)(C)CCC1NC(=O)N1CCC(O)(C(F)(F)F)CC1. The van der Waals surface area contributed by atoms with E-state index in [1.165, 1.54) is 4.90 Å². The van der Waals surface area contributed by atoms with Crippen LogP contribution >= 0.6 is 0 Å². The molecule has 2 N–H and O–H groups in total. The summed E-state index contributed by atoms with van der Waals surface area (Å²) in [5.41, 5.74) is -2.39. The lowest BCUT2D eigenvalue weighted by molar-refractivity contribution is -0.271. The van der Waals surface area contributed by atoms with Crippen molar-refractivity contribution in [3.8, 4) is 0 Å². The average Bonchev–Trinajstić information content (AvgIpc) is 2.41. The Bertz CT molecular complexity index is 443. The molecule has 0 aromatic heterocycles. The fourth-order valence-electron chi connectivity index (χ4n) is 3.77. The molecule has 1 aliphatic heterocycles. The first-order valence-corrected chi connectivity index (χ1v) is 8.28. The molecule has 7 heteroatoms. The van der Waals surface area contributed by atoms with Crippen LogP contribution in [0.25, 0.3) is 0 Å². The maximum atomic E-state index is 12.8. The van der Waals surface area contributed by atoms with Crippen molar-refractivity contribution in [2.75, 3.05) is 13.1 Å². The van der Waals surface area contributed by atoms with Crippen LogP contribution in [-0.2, 0) is 0 Å². The van der Waals surface area contributed by atoms with E-state index in [0.29, 0.717) is 5.92 Å². The molecule has 1 heterocycles. The van der Waals surface area contributed by atoms with Crippen molar-refractivity contribution in [3.63, 3.8) is 0 Å². The summed E-state index contributed by atoms with van der Waals surface area (Å²) < 4.78 is 38.3. The summed E-state index contributed by atoms with van der Waals surface area (Å²) in [6.45, 7) is 6.38. The Morgan fingerprint density at radius 3 is 2.26 bits per heavy atom. The van der Waals surface area contributed by atoms with Gasteiger partial charge in [-0.05, 0) is 30.6 Å². The molecule has 1 saturated carbocycles. The van der Waals surface area contributed by atoms with E-state index < -0.39 is 24.6 Å². The van der Waals surface area contributed by atoms with Gasteiger partial charge in [0.05, 0.1) is 0 Å². The lowest BCUT2D eigenvalue weighted by atomic mass is 9.70. The number of carbonyl (C=O) groups is 1. The van der Waals surface area contributed by atoms with Crippen molar-refractivity contribution in [3.05, 3.63) is 0 Å². The van der Waals surface area contributed by atoms with Gasteiger partial charge in [0.1, 0.15) is 0 Å². The summed E-state index contributed by atoms with van der Waals surface area (Å²) in [5, 5.41) is 12.6. The summed E-state index contributed by atoms with van der Waals surface area (Å²) in [6, 6.07) is -0.246. The largest absolute Gasteiger partial charge is 0.417 e. The van der Waals surface area contributed by atoms with E-state index in [4.69, 9.17) is 0 Å². The second-order valence-electron chi connectivity index (χ2n) is 7.96. The molecule has 0 aromatic rings. The van der Waals surface area contributed by atoms with Gasteiger partial charge in [-0.15, -0.1) is 0 Å². The number of rotatable bonds is 1. The second-order valence-corrected chi connectivity index (χ2v) is 7.96. The molecular formula is C16H27F3N2O2. The molecule has 2 aliphatic rings. The van der Waals surface area contributed by atoms with Crippen LogP contribution in [0, 0.1) is 11.3 Å². The third-order valence-corrected chi connectivity index (χ3v) is 5.41. The van der Waals surface area contributed by atoms with E-state index in [1.807, 2.05) is 0 Å². The second kappa shape index (κ2) is 6.15. The van der Waals surface area contributed by atoms with Crippen LogP contribution in [0.4, 0.5) is 18.0 Å². The maximum Gasteiger partial charge on any atom is 0.417 e. The zero-order chi connectivity index (χ0) is 17.5. The predicted molar refractivity (Wildman–Crippen MR) is 80.9 cm³/mol. The number of carbonyl (C=O) groups excluding carboxylic acids is 1. The predicted octanol–water partition coefficient (Wildman–Crippen LogP) is 3.30. The van der Waals surface area contributed by atoms with Crippen LogP contribution in [0.2, 0.25) is 0 Å². The van der Waals surface area contributed by atoms with Crippen LogP contribution in [0.1, 0.15) is 52.9 Å². The van der Waals surface area contributed by atoms with Gasteiger partial charge in [0.15, 0.2) is 5.60 Å². The van der Waals surface area contributed by atoms with Crippen LogP contribution < -0.4 is 5.32 Å². The lowest BCUT2D eigenvalue weighted by Crippen LogP contribution is -2.57. The summed E-state index contributed by atoms with van der Waals surface area (Å²) in [7, 11) is 0. The lowest BCUT2D eigenvalue weighted by Gasteiger charge is -2.42. The number of alkyl halides is 3. The Morgan fingerprint density at radius 1 is 1.22 bits per heavy atom. The van der Waals surface area contributed by atoms with Gasteiger partial charge in [0.2, 0.25) is 0 Å². The standard InChI is InChI=1S/C16H27F3N2O2/c1-11-10-14(2,3)5-4-12(11)20-13(22)21-8-6-15(23,7-9-21)16(17,18)19/h11-12,23H,4-10H2,1-3H3,(H,20,22). The molecule has 0 bridgehead atoms. The van der Waals surface area contributed by atoms with E-state index >= 15 is 0 Å². The Kier molecular flexibility index (Phi) is 4.91. The number of halogens is 3. The number of piperidine rings is 1. The van der Waals surface area contributed by atoms with Crippen LogP contribution in [-0.4, -0.2) is 46.9 Å². The minimum atomic E-state index is -4.64. The number of urea groups is 1. The molecule has 1 saturated heterocycles. The number of amides is 2. The first-order chi connectivity index (χ1) is 10.4. The smallest absolute Gasteiger partial charge is 0.380 e. The molecule has 134 valence electrons. The van der Waals surface area contributed by atoms with E-state index in [-0.39, 0.29) is 30.6 Å². The molecule has 23 heavy (non-hydrogen) atoms. The summed E-state index contributed by atoms with van der Waals surface area (Å²) >= 11 is 0. The molecular weight excluding hydrogens is 309 g/mol. The first-order valence-electron chi connectivity index (χ1n) is 8.28. The van der Waals surface area contributed by atoms with Gasteiger partial charge in [-0.1, -0.05) is 20.8 Å². The number of hydrogen-bond donors (Lipinski definition) is 2. The van der Waals surface area contributed by atoms with Gasteiger partial charge >= 0.3 is 12.2 Å². The van der Waals surface area contributed by atoms with Crippen molar-refractivity contribution in [2.45, 2.75) is 70.7 Å². The molecule has 0 radical (unpaired) electrons. The van der Waals surface area contributed by atoms with Crippen molar-refractivity contribution in [2.24, 2.45) is 11.3 Å². The monoisotopic (exact) mass is 336 g/mol. The maximum absolute atomic E-state index is 12.8. The minimum Gasteiger partial charge on any atom is -0.380 e. The number of nitrogens with one attached hydrogen (secondary N) is 1. The first kappa shape index (κ1) is 18.4. The van der Waals surface area contributed by atoms with Crippen molar-refractivity contribution in [1.82, 2.24) is 10.2 Å². The van der Waals surface area contributed by atoms with Gasteiger partial charge in [0, 0.05) is 32.0 Å². The summed E-state index contributed by atoms with van der Waals surface area (Å²) in [6.07, 6.45) is -2.63. The van der Waals surface area contributed by atoms with E-state index in [0.717, 1.165) is 19.3 Å².